The van der Waals surface area contributed by atoms with E-state index < -0.39 is 0 Å². The van der Waals surface area contributed by atoms with E-state index in [9.17, 15) is 4.79 Å². The van der Waals surface area contributed by atoms with Crippen LogP contribution in [0.3, 0.4) is 0 Å². The van der Waals surface area contributed by atoms with Gasteiger partial charge >= 0.3 is 0 Å². The lowest BCUT2D eigenvalue weighted by Gasteiger charge is -2.07. The van der Waals surface area contributed by atoms with Crippen LogP contribution in [0.1, 0.15) is 32.6 Å². The molecule has 0 aliphatic heterocycles. The Balaban J connectivity index is 2.40. The fourth-order valence-corrected chi connectivity index (χ4v) is 1.17. The van der Waals surface area contributed by atoms with E-state index in [-0.39, 0.29) is 17.8 Å². The second-order valence-corrected chi connectivity index (χ2v) is 3.11. The van der Waals surface area contributed by atoms with Gasteiger partial charge in [-0.05, 0) is 19.3 Å². The van der Waals surface area contributed by atoms with Gasteiger partial charge in [0, 0.05) is 6.42 Å². The predicted molar refractivity (Wildman–Crippen MR) is 38.7 cm³/mol. The molecule has 0 heterocycles. The molecular formula is C8H14O2. The maximum absolute atomic E-state index is 11.2. The highest BCUT2D eigenvalue weighted by Crippen LogP contribution is 2.46. The van der Waals surface area contributed by atoms with Crippen molar-refractivity contribution in [3.05, 3.63) is 0 Å². The van der Waals surface area contributed by atoms with Crippen LogP contribution in [0.2, 0.25) is 0 Å². The van der Waals surface area contributed by atoms with Crippen molar-refractivity contribution in [1.29, 1.82) is 0 Å². The number of carbonyl (C=O) groups is 1. The summed E-state index contributed by atoms with van der Waals surface area (Å²) >= 11 is 0. The number of rotatable bonds is 4. The first-order chi connectivity index (χ1) is 4.75. The van der Waals surface area contributed by atoms with Crippen LogP contribution in [0.5, 0.6) is 0 Å². The maximum atomic E-state index is 11.2. The summed E-state index contributed by atoms with van der Waals surface area (Å²) in [4.78, 5) is 11.2. The van der Waals surface area contributed by atoms with Crippen LogP contribution >= 0.6 is 0 Å². The Morgan fingerprint density at radius 1 is 1.60 bits per heavy atom. The van der Waals surface area contributed by atoms with E-state index >= 15 is 0 Å². The molecular weight excluding hydrogens is 128 g/mol. The van der Waals surface area contributed by atoms with Crippen LogP contribution in [-0.4, -0.2) is 17.5 Å². The summed E-state index contributed by atoms with van der Waals surface area (Å²) in [5.41, 5.74) is -0.282. The van der Waals surface area contributed by atoms with Gasteiger partial charge in [0.15, 0.2) is 0 Å². The van der Waals surface area contributed by atoms with Crippen molar-refractivity contribution in [2.24, 2.45) is 5.41 Å². The lowest BCUT2D eigenvalue weighted by atomic mass is 9.99. The molecule has 0 radical (unpaired) electrons. The van der Waals surface area contributed by atoms with Crippen LogP contribution in [0.4, 0.5) is 0 Å². The van der Waals surface area contributed by atoms with Crippen LogP contribution in [0, 0.1) is 5.41 Å². The summed E-state index contributed by atoms with van der Waals surface area (Å²) in [6.07, 6.45) is 3.35. The maximum Gasteiger partial charge on any atom is 0.141 e. The first-order valence-electron chi connectivity index (χ1n) is 3.89. The number of aliphatic hydroxyl groups is 1. The Morgan fingerprint density at radius 2 is 2.20 bits per heavy atom. The zero-order chi connectivity index (χ0) is 7.61. The highest BCUT2D eigenvalue weighted by Gasteiger charge is 2.47. The lowest BCUT2D eigenvalue weighted by Crippen LogP contribution is -2.19. The molecule has 1 saturated carbocycles. The molecule has 0 amide bonds. The average molecular weight is 142 g/mol. The minimum Gasteiger partial charge on any atom is -0.395 e. The first kappa shape index (κ1) is 7.73. The van der Waals surface area contributed by atoms with Crippen molar-refractivity contribution >= 4 is 5.78 Å². The van der Waals surface area contributed by atoms with Crippen molar-refractivity contribution in [3.63, 3.8) is 0 Å². The third kappa shape index (κ3) is 1.21. The SMILES string of the molecule is CCCC(=O)C1(CO)CC1. The molecule has 1 rings (SSSR count). The fraction of sp³-hybridized carbons (Fsp3) is 0.875. The summed E-state index contributed by atoms with van der Waals surface area (Å²) in [7, 11) is 0. The molecule has 0 saturated heterocycles. The molecule has 0 spiro atoms. The Labute approximate surface area is 61.2 Å². The zero-order valence-electron chi connectivity index (χ0n) is 6.39. The molecule has 1 aliphatic carbocycles. The van der Waals surface area contributed by atoms with Gasteiger partial charge in [0.05, 0.1) is 12.0 Å². The number of hydrogen-bond acceptors (Lipinski definition) is 2. The molecule has 58 valence electrons. The molecule has 0 aromatic heterocycles. The van der Waals surface area contributed by atoms with Gasteiger partial charge in [-0.25, -0.2) is 0 Å². The van der Waals surface area contributed by atoms with Gasteiger partial charge in [-0.1, -0.05) is 6.92 Å². The van der Waals surface area contributed by atoms with Crippen LogP contribution in [0.25, 0.3) is 0 Å². The van der Waals surface area contributed by atoms with Crippen molar-refractivity contribution in [1.82, 2.24) is 0 Å². The summed E-state index contributed by atoms with van der Waals surface area (Å²) in [5.74, 6) is 0.262. The first-order valence-corrected chi connectivity index (χ1v) is 3.89. The Hall–Kier alpha value is -0.370. The van der Waals surface area contributed by atoms with Crippen molar-refractivity contribution < 1.29 is 9.90 Å². The molecule has 0 bridgehead atoms. The Morgan fingerprint density at radius 3 is 2.50 bits per heavy atom. The number of carbonyl (C=O) groups excluding carboxylic acids is 1. The van der Waals surface area contributed by atoms with E-state index in [4.69, 9.17) is 5.11 Å². The highest BCUT2D eigenvalue weighted by atomic mass is 16.3. The molecule has 2 heteroatoms. The molecule has 1 aliphatic rings. The zero-order valence-corrected chi connectivity index (χ0v) is 6.39. The van der Waals surface area contributed by atoms with E-state index in [1.165, 1.54) is 0 Å². The predicted octanol–water partition coefficient (Wildman–Crippen LogP) is 1.13. The molecule has 2 nitrogen and oxygen atoms in total. The van der Waals surface area contributed by atoms with E-state index in [0.717, 1.165) is 19.3 Å². The standard InChI is InChI=1S/C8H14O2/c1-2-3-7(10)8(6-9)4-5-8/h9H,2-6H2,1H3. The van der Waals surface area contributed by atoms with Gasteiger partial charge < -0.3 is 5.11 Å². The third-order valence-electron chi connectivity index (χ3n) is 2.22. The molecule has 0 atom stereocenters. The third-order valence-corrected chi connectivity index (χ3v) is 2.22. The quantitative estimate of drug-likeness (QED) is 0.638. The second kappa shape index (κ2) is 2.70. The lowest BCUT2D eigenvalue weighted by molar-refractivity contribution is -0.125. The normalized spacial score (nSPS) is 20.6. The minimum atomic E-state index is -0.282. The number of hydrogen-bond donors (Lipinski definition) is 1. The number of ketones is 1. The number of aliphatic hydroxyl groups excluding tert-OH is 1. The molecule has 0 aromatic carbocycles. The second-order valence-electron chi connectivity index (χ2n) is 3.11. The largest absolute Gasteiger partial charge is 0.395 e. The van der Waals surface area contributed by atoms with E-state index in [1.54, 1.807) is 0 Å². The Bertz CT molecular complexity index is 136. The van der Waals surface area contributed by atoms with Gasteiger partial charge in [0.2, 0.25) is 0 Å². The summed E-state index contributed by atoms with van der Waals surface area (Å²) in [6.45, 7) is 2.05. The van der Waals surface area contributed by atoms with E-state index in [2.05, 4.69) is 0 Å². The van der Waals surface area contributed by atoms with Gasteiger partial charge in [0.25, 0.3) is 0 Å². The van der Waals surface area contributed by atoms with Crippen molar-refractivity contribution in [2.75, 3.05) is 6.61 Å². The average Bonchev–Trinajstić information content (AvgIpc) is 2.68. The van der Waals surface area contributed by atoms with Gasteiger partial charge in [0.1, 0.15) is 5.78 Å². The van der Waals surface area contributed by atoms with Crippen molar-refractivity contribution in [2.45, 2.75) is 32.6 Å². The van der Waals surface area contributed by atoms with Crippen LogP contribution in [0.15, 0.2) is 0 Å². The van der Waals surface area contributed by atoms with Gasteiger partial charge in [-0.2, -0.15) is 0 Å². The van der Waals surface area contributed by atoms with Crippen LogP contribution < -0.4 is 0 Å². The number of Topliss-reactive ketones (excluding diaryl/α,β-unsaturated/α-hetero) is 1. The van der Waals surface area contributed by atoms with Gasteiger partial charge in [-0.3, -0.25) is 4.79 Å². The minimum absolute atomic E-state index is 0.0613. The summed E-state index contributed by atoms with van der Waals surface area (Å²) < 4.78 is 0. The monoisotopic (exact) mass is 142 g/mol. The molecule has 10 heavy (non-hydrogen) atoms. The molecule has 1 N–H and O–H groups in total. The Kier molecular flexibility index (Phi) is 2.09. The van der Waals surface area contributed by atoms with E-state index in [1.807, 2.05) is 6.92 Å². The fourth-order valence-electron chi connectivity index (χ4n) is 1.17. The molecule has 1 fully saturated rings. The van der Waals surface area contributed by atoms with E-state index in [0.29, 0.717) is 6.42 Å². The molecule has 0 unspecified atom stereocenters. The van der Waals surface area contributed by atoms with Crippen LogP contribution in [-0.2, 0) is 4.79 Å². The topological polar surface area (TPSA) is 37.3 Å². The summed E-state index contributed by atoms with van der Waals surface area (Å²) in [5, 5.41) is 8.83. The summed E-state index contributed by atoms with van der Waals surface area (Å²) in [6, 6.07) is 0. The smallest absolute Gasteiger partial charge is 0.141 e. The van der Waals surface area contributed by atoms with Crippen molar-refractivity contribution in [3.8, 4) is 0 Å². The highest BCUT2D eigenvalue weighted by molar-refractivity contribution is 5.87. The molecule has 0 aromatic rings. The van der Waals surface area contributed by atoms with Gasteiger partial charge in [-0.15, -0.1) is 0 Å².